The van der Waals surface area contributed by atoms with Crippen LogP contribution in [0.5, 0.6) is 0 Å². The van der Waals surface area contributed by atoms with Crippen LogP contribution in [0.1, 0.15) is 32.1 Å². The van der Waals surface area contributed by atoms with Crippen LogP contribution >= 0.6 is 11.8 Å². The summed E-state index contributed by atoms with van der Waals surface area (Å²) < 4.78 is 17.8. The molecule has 5 heteroatoms. The molecular formula is C12H20FNO2S. The Labute approximate surface area is 106 Å². The standard InChI is InChI=1S/C12H20FNO2S/c1-16-12(15)11-9(14)6-10(17-11)7-2-4-8(13)5-3-7/h7-11H,2-6,14H2,1H3. The summed E-state index contributed by atoms with van der Waals surface area (Å²) in [6, 6.07) is -0.111. The number of rotatable bonds is 2. The number of halogens is 1. The molecule has 3 atom stereocenters. The van der Waals surface area contributed by atoms with Gasteiger partial charge in [-0.05, 0) is 38.0 Å². The molecule has 17 heavy (non-hydrogen) atoms. The molecule has 0 spiro atoms. The summed E-state index contributed by atoms with van der Waals surface area (Å²) in [5, 5.41) is 0.176. The van der Waals surface area contributed by atoms with Crippen LogP contribution in [0.2, 0.25) is 0 Å². The first kappa shape index (κ1) is 13.1. The summed E-state index contributed by atoms with van der Waals surface area (Å²) in [6.07, 6.45) is 3.42. The highest BCUT2D eigenvalue weighted by Crippen LogP contribution is 2.43. The fourth-order valence-corrected chi connectivity index (χ4v) is 4.56. The molecule has 0 radical (unpaired) electrons. The van der Waals surface area contributed by atoms with E-state index in [0.717, 1.165) is 19.3 Å². The molecule has 1 aliphatic heterocycles. The summed E-state index contributed by atoms with van der Waals surface area (Å²) in [5.41, 5.74) is 5.98. The van der Waals surface area contributed by atoms with E-state index >= 15 is 0 Å². The molecule has 2 fully saturated rings. The van der Waals surface area contributed by atoms with Crippen LogP contribution in [0.3, 0.4) is 0 Å². The topological polar surface area (TPSA) is 52.3 Å². The largest absolute Gasteiger partial charge is 0.468 e. The fourth-order valence-electron chi connectivity index (χ4n) is 2.84. The normalized spacial score (nSPS) is 42.4. The minimum atomic E-state index is -0.622. The van der Waals surface area contributed by atoms with Crippen LogP contribution in [0, 0.1) is 5.92 Å². The van der Waals surface area contributed by atoms with Crippen molar-refractivity contribution in [3.63, 3.8) is 0 Å². The zero-order valence-corrected chi connectivity index (χ0v) is 10.9. The van der Waals surface area contributed by atoms with Gasteiger partial charge in [0.15, 0.2) is 0 Å². The van der Waals surface area contributed by atoms with Gasteiger partial charge >= 0.3 is 5.97 Å². The van der Waals surface area contributed by atoms with E-state index in [4.69, 9.17) is 10.5 Å². The Morgan fingerprint density at radius 1 is 1.35 bits per heavy atom. The molecule has 0 bridgehead atoms. The number of methoxy groups -OCH3 is 1. The van der Waals surface area contributed by atoms with E-state index in [-0.39, 0.29) is 17.3 Å². The second-order valence-electron chi connectivity index (χ2n) is 5.03. The average Bonchev–Trinajstić information content (AvgIpc) is 2.71. The number of esters is 1. The number of carbonyl (C=O) groups is 1. The van der Waals surface area contributed by atoms with Crippen LogP contribution in [0.15, 0.2) is 0 Å². The first-order chi connectivity index (χ1) is 8.11. The van der Waals surface area contributed by atoms with Crippen molar-refractivity contribution in [3.05, 3.63) is 0 Å². The van der Waals surface area contributed by atoms with Crippen molar-refractivity contribution in [3.8, 4) is 0 Å². The smallest absolute Gasteiger partial charge is 0.320 e. The second kappa shape index (κ2) is 5.57. The van der Waals surface area contributed by atoms with Crippen LogP contribution in [0.4, 0.5) is 4.39 Å². The van der Waals surface area contributed by atoms with Gasteiger partial charge in [0.2, 0.25) is 0 Å². The van der Waals surface area contributed by atoms with Gasteiger partial charge in [0.25, 0.3) is 0 Å². The van der Waals surface area contributed by atoms with E-state index in [1.807, 2.05) is 0 Å². The van der Waals surface area contributed by atoms with E-state index in [9.17, 15) is 9.18 Å². The summed E-state index contributed by atoms with van der Waals surface area (Å²) in [4.78, 5) is 11.5. The molecule has 2 N–H and O–H groups in total. The van der Waals surface area contributed by atoms with Gasteiger partial charge < -0.3 is 10.5 Å². The molecule has 1 saturated heterocycles. The average molecular weight is 261 g/mol. The molecular weight excluding hydrogens is 241 g/mol. The third kappa shape index (κ3) is 2.94. The number of nitrogens with two attached hydrogens (primary N) is 1. The van der Waals surface area contributed by atoms with Gasteiger partial charge in [-0.1, -0.05) is 0 Å². The Morgan fingerprint density at radius 3 is 2.59 bits per heavy atom. The van der Waals surface area contributed by atoms with Gasteiger partial charge in [0.05, 0.1) is 7.11 Å². The van der Waals surface area contributed by atoms with Gasteiger partial charge in [-0.25, -0.2) is 4.39 Å². The number of thioether (sulfide) groups is 1. The van der Waals surface area contributed by atoms with Crippen LogP contribution < -0.4 is 5.73 Å². The first-order valence-corrected chi connectivity index (χ1v) is 7.19. The van der Waals surface area contributed by atoms with Gasteiger partial charge in [0, 0.05) is 11.3 Å². The van der Waals surface area contributed by atoms with Crippen molar-refractivity contribution in [2.45, 2.75) is 54.8 Å². The molecule has 2 rings (SSSR count). The van der Waals surface area contributed by atoms with Crippen molar-refractivity contribution in [1.29, 1.82) is 0 Å². The van der Waals surface area contributed by atoms with Crippen molar-refractivity contribution < 1.29 is 13.9 Å². The molecule has 0 aromatic heterocycles. The van der Waals surface area contributed by atoms with Crippen molar-refractivity contribution >= 4 is 17.7 Å². The SMILES string of the molecule is COC(=O)C1SC(C2CCC(F)CC2)CC1N. The number of carbonyl (C=O) groups excluding carboxylic acids is 1. The lowest BCUT2D eigenvalue weighted by Gasteiger charge is -2.28. The molecule has 0 aromatic carbocycles. The van der Waals surface area contributed by atoms with Gasteiger partial charge in [-0.2, -0.15) is 0 Å². The van der Waals surface area contributed by atoms with E-state index < -0.39 is 6.17 Å². The Morgan fingerprint density at radius 2 is 2.00 bits per heavy atom. The minimum Gasteiger partial charge on any atom is -0.468 e. The van der Waals surface area contributed by atoms with Gasteiger partial charge in [-0.15, -0.1) is 11.8 Å². The van der Waals surface area contributed by atoms with Crippen LogP contribution in [-0.4, -0.2) is 35.8 Å². The molecule has 0 aromatic rings. The third-order valence-electron chi connectivity index (χ3n) is 3.88. The van der Waals surface area contributed by atoms with Gasteiger partial charge in [0.1, 0.15) is 11.4 Å². The van der Waals surface area contributed by atoms with Crippen molar-refractivity contribution in [2.24, 2.45) is 11.7 Å². The molecule has 1 aliphatic carbocycles. The van der Waals surface area contributed by atoms with E-state index in [0.29, 0.717) is 24.0 Å². The highest BCUT2D eigenvalue weighted by atomic mass is 32.2. The summed E-state index contributed by atoms with van der Waals surface area (Å²) >= 11 is 1.64. The first-order valence-electron chi connectivity index (χ1n) is 6.24. The van der Waals surface area contributed by atoms with Gasteiger partial charge in [-0.3, -0.25) is 4.79 Å². The zero-order valence-electron chi connectivity index (χ0n) is 10.1. The second-order valence-corrected chi connectivity index (χ2v) is 6.42. The number of alkyl halides is 1. The maximum atomic E-state index is 13.1. The molecule has 0 amide bonds. The Kier molecular flexibility index (Phi) is 4.31. The molecule has 1 heterocycles. The lowest BCUT2D eigenvalue weighted by atomic mass is 9.84. The molecule has 1 saturated carbocycles. The summed E-state index contributed by atoms with van der Waals surface area (Å²) in [5.74, 6) is 0.303. The highest BCUT2D eigenvalue weighted by molar-refractivity contribution is 8.01. The predicted octanol–water partition coefficient (Wildman–Crippen LogP) is 1.89. The predicted molar refractivity (Wildman–Crippen MR) is 66.6 cm³/mol. The maximum Gasteiger partial charge on any atom is 0.320 e. The van der Waals surface area contributed by atoms with Crippen LogP contribution in [0.25, 0.3) is 0 Å². The Balaban J connectivity index is 1.90. The monoisotopic (exact) mass is 261 g/mol. The lowest BCUT2D eigenvalue weighted by molar-refractivity contribution is -0.140. The number of hydrogen-bond donors (Lipinski definition) is 1. The quantitative estimate of drug-likeness (QED) is 0.771. The fraction of sp³-hybridized carbons (Fsp3) is 0.917. The zero-order chi connectivity index (χ0) is 12.4. The van der Waals surface area contributed by atoms with E-state index in [1.54, 1.807) is 11.8 Å². The third-order valence-corrected chi connectivity index (χ3v) is 5.64. The molecule has 3 unspecified atom stereocenters. The van der Waals surface area contributed by atoms with Crippen molar-refractivity contribution in [2.75, 3.05) is 7.11 Å². The molecule has 98 valence electrons. The highest BCUT2D eigenvalue weighted by Gasteiger charge is 2.42. The van der Waals surface area contributed by atoms with E-state index in [2.05, 4.69) is 0 Å². The van der Waals surface area contributed by atoms with Crippen LogP contribution in [-0.2, 0) is 9.53 Å². The Bertz CT molecular complexity index is 282. The summed E-state index contributed by atoms with van der Waals surface area (Å²) in [6.45, 7) is 0. The Hall–Kier alpha value is -0.290. The lowest BCUT2D eigenvalue weighted by Crippen LogP contribution is -2.34. The minimum absolute atomic E-state index is 0.111. The van der Waals surface area contributed by atoms with Crippen molar-refractivity contribution in [1.82, 2.24) is 0 Å². The maximum absolute atomic E-state index is 13.1. The summed E-state index contributed by atoms with van der Waals surface area (Å²) in [7, 11) is 1.40. The number of hydrogen-bond acceptors (Lipinski definition) is 4. The molecule has 3 nitrogen and oxygen atoms in total. The number of ether oxygens (including phenoxy) is 1. The molecule has 2 aliphatic rings. The van der Waals surface area contributed by atoms with E-state index in [1.165, 1.54) is 7.11 Å².